The first-order valence-electron chi connectivity index (χ1n) is 7.34. The van der Waals surface area contributed by atoms with Crippen LogP contribution in [0.2, 0.25) is 0 Å². The molecule has 1 saturated heterocycles. The number of carbonyl (C=O) groups is 1. The summed E-state index contributed by atoms with van der Waals surface area (Å²) >= 11 is 0. The molecule has 0 bridgehead atoms. The van der Waals surface area contributed by atoms with E-state index >= 15 is 0 Å². The normalized spacial score (nSPS) is 36.6. The number of aliphatic hydroxyl groups excluding tert-OH is 1. The standard InChI is InChI=1S/C14H26N2O2/c1-10-4-3-7-15-13(10)14(18)16-8-11-5-2-6-12(11)9-17/h10-13,15,17H,2-9H2,1H3,(H,16,18). The van der Waals surface area contributed by atoms with Crippen LogP contribution in [-0.4, -0.2) is 36.8 Å². The molecule has 0 spiro atoms. The molecule has 4 atom stereocenters. The van der Waals surface area contributed by atoms with Crippen LogP contribution in [0.15, 0.2) is 0 Å². The highest BCUT2D eigenvalue weighted by molar-refractivity contribution is 5.82. The summed E-state index contributed by atoms with van der Waals surface area (Å²) in [4.78, 5) is 12.1. The maximum absolute atomic E-state index is 12.1. The SMILES string of the molecule is CC1CCCNC1C(=O)NCC1CCCC1CO. The van der Waals surface area contributed by atoms with Gasteiger partial charge in [-0.2, -0.15) is 0 Å². The lowest BCUT2D eigenvalue weighted by Gasteiger charge is -2.29. The fourth-order valence-corrected chi connectivity index (χ4v) is 3.36. The van der Waals surface area contributed by atoms with E-state index in [0.717, 1.165) is 32.4 Å². The Balaban J connectivity index is 1.77. The first-order valence-corrected chi connectivity index (χ1v) is 7.34. The van der Waals surface area contributed by atoms with Crippen molar-refractivity contribution >= 4 is 5.91 Å². The molecule has 1 heterocycles. The summed E-state index contributed by atoms with van der Waals surface area (Å²) in [5, 5.41) is 15.7. The molecule has 1 saturated carbocycles. The number of nitrogens with one attached hydrogen (secondary N) is 2. The molecule has 0 aromatic carbocycles. The molecular formula is C14H26N2O2. The van der Waals surface area contributed by atoms with Gasteiger partial charge in [-0.15, -0.1) is 0 Å². The third-order valence-corrected chi connectivity index (χ3v) is 4.64. The van der Waals surface area contributed by atoms with E-state index in [4.69, 9.17) is 0 Å². The molecule has 2 aliphatic rings. The predicted molar refractivity (Wildman–Crippen MR) is 71.1 cm³/mol. The second-order valence-electron chi connectivity index (χ2n) is 5.93. The predicted octanol–water partition coefficient (Wildman–Crippen LogP) is 0.899. The first-order chi connectivity index (χ1) is 8.72. The minimum absolute atomic E-state index is 0.0206. The minimum Gasteiger partial charge on any atom is -0.396 e. The Labute approximate surface area is 110 Å². The molecule has 18 heavy (non-hydrogen) atoms. The lowest BCUT2D eigenvalue weighted by atomic mass is 9.91. The molecule has 1 amide bonds. The topological polar surface area (TPSA) is 61.4 Å². The van der Waals surface area contributed by atoms with Crippen molar-refractivity contribution in [1.82, 2.24) is 10.6 Å². The number of aliphatic hydroxyl groups is 1. The van der Waals surface area contributed by atoms with Crippen molar-refractivity contribution in [2.75, 3.05) is 19.7 Å². The molecule has 0 aromatic rings. The average Bonchev–Trinajstić information content (AvgIpc) is 2.84. The largest absolute Gasteiger partial charge is 0.396 e. The minimum atomic E-state index is -0.0206. The maximum atomic E-state index is 12.1. The molecule has 3 N–H and O–H groups in total. The summed E-state index contributed by atoms with van der Waals surface area (Å²) in [7, 11) is 0. The van der Waals surface area contributed by atoms with Crippen LogP contribution in [0, 0.1) is 17.8 Å². The van der Waals surface area contributed by atoms with Crippen LogP contribution < -0.4 is 10.6 Å². The second kappa shape index (κ2) is 6.53. The Bertz CT molecular complexity index is 283. The molecule has 4 nitrogen and oxygen atoms in total. The Morgan fingerprint density at radius 3 is 2.78 bits per heavy atom. The Morgan fingerprint density at radius 1 is 1.28 bits per heavy atom. The Kier molecular flexibility index (Phi) is 5.01. The molecule has 104 valence electrons. The summed E-state index contributed by atoms with van der Waals surface area (Å²) in [5.41, 5.74) is 0. The van der Waals surface area contributed by atoms with Crippen molar-refractivity contribution in [3.63, 3.8) is 0 Å². The molecule has 2 rings (SSSR count). The van der Waals surface area contributed by atoms with Crippen LogP contribution in [0.4, 0.5) is 0 Å². The van der Waals surface area contributed by atoms with Crippen LogP contribution >= 0.6 is 0 Å². The van der Waals surface area contributed by atoms with Gasteiger partial charge < -0.3 is 15.7 Å². The van der Waals surface area contributed by atoms with Crippen molar-refractivity contribution in [3.8, 4) is 0 Å². The van der Waals surface area contributed by atoms with Crippen LogP contribution in [0.5, 0.6) is 0 Å². The third kappa shape index (κ3) is 3.23. The number of carbonyl (C=O) groups excluding carboxylic acids is 1. The summed E-state index contributed by atoms with van der Waals surface area (Å²) in [6.07, 6.45) is 5.73. The summed E-state index contributed by atoms with van der Waals surface area (Å²) < 4.78 is 0. The molecule has 2 fully saturated rings. The molecule has 1 aliphatic heterocycles. The van der Waals surface area contributed by atoms with E-state index in [1.807, 2.05) is 0 Å². The van der Waals surface area contributed by atoms with Gasteiger partial charge in [-0.1, -0.05) is 13.3 Å². The molecular weight excluding hydrogens is 228 g/mol. The van der Waals surface area contributed by atoms with E-state index in [9.17, 15) is 9.90 Å². The van der Waals surface area contributed by atoms with Gasteiger partial charge in [0.05, 0.1) is 6.04 Å². The maximum Gasteiger partial charge on any atom is 0.237 e. The van der Waals surface area contributed by atoms with Crippen LogP contribution in [0.25, 0.3) is 0 Å². The number of rotatable bonds is 4. The molecule has 1 aliphatic carbocycles. The fraction of sp³-hybridized carbons (Fsp3) is 0.929. The lowest BCUT2D eigenvalue weighted by Crippen LogP contribution is -2.51. The number of hydrogen-bond donors (Lipinski definition) is 3. The molecule has 4 unspecified atom stereocenters. The molecule has 0 radical (unpaired) electrons. The van der Waals surface area contributed by atoms with Gasteiger partial charge >= 0.3 is 0 Å². The highest BCUT2D eigenvalue weighted by Crippen LogP contribution is 2.30. The molecule has 0 aromatic heterocycles. The molecule has 4 heteroatoms. The van der Waals surface area contributed by atoms with Crippen LogP contribution in [0.1, 0.15) is 39.0 Å². The van der Waals surface area contributed by atoms with Gasteiger partial charge in [0.25, 0.3) is 0 Å². The first kappa shape index (κ1) is 13.8. The van der Waals surface area contributed by atoms with E-state index in [-0.39, 0.29) is 18.6 Å². The van der Waals surface area contributed by atoms with Crippen molar-refractivity contribution in [2.24, 2.45) is 17.8 Å². The smallest absolute Gasteiger partial charge is 0.237 e. The summed E-state index contributed by atoms with van der Waals surface area (Å²) in [5.74, 6) is 1.43. The third-order valence-electron chi connectivity index (χ3n) is 4.64. The highest BCUT2D eigenvalue weighted by Gasteiger charge is 2.30. The van der Waals surface area contributed by atoms with Gasteiger partial charge in [0.15, 0.2) is 0 Å². The summed E-state index contributed by atoms with van der Waals surface area (Å²) in [6.45, 7) is 4.08. The number of hydrogen-bond acceptors (Lipinski definition) is 3. The van der Waals surface area contributed by atoms with Crippen molar-refractivity contribution in [2.45, 2.75) is 45.1 Å². The van der Waals surface area contributed by atoms with Crippen molar-refractivity contribution in [1.29, 1.82) is 0 Å². The highest BCUT2D eigenvalue weighted by atomic mass is 16.3. The van der Waals surface area contributed by atoms with Gasteiger partial charge in [0.2, 0.25) is 5.91 Å². The number of amides is 1. The van der Waals surface area contributed by atoms with Gasteiger partial charge in [0, 0.05) is 13.2 Å². The van der Waals surface area contributed by atoms with Gasteiger partial charge in [-0.3, -0.25) is 4.79 Å². The van der Waals surface area contributed by atoms with Crippen LogP contribution in [0.3, 0.4) is 0 Å². The van der Waals surface area contributed by atoms with E-state index in [1.54, 1.807) is 0 Å². The zero-order valence-electron chi connectivity index (χ0n) is 11.3. The van der Waals surface area contributed by atoms with Gasteiger partial charge in [-0.05, 0) is 50.0 Å². The quantitative estimate of drug-likeness (QED) is 0.698. The van der Waals surface area contributed by atoms with E-state index in [1.165, 1.54) is 12.8 Å². The van der Waals surface area contributed by atoms with Gasteiger partial charge in [-0.25, -0.2) is 0 Å². The van der Waals surface area contributed by atoms with Gasteiger partial charge in [0.1, 0.15) is 0 Å². The average molecular weight is 254 g/mol. The van der Waals surface area contributed by atoms with E-state index in [0.29, 0.717) is 17.8 Å². The zero-order chi connectivity index (χ0) is 13.0. The van der Waals surface area contributed by atoms with Crippen LogP contribution in [-0.2, 0) is 4.79 Å². The van der Waals surface area contributed by atoms with Crippen molar-refractivity contribution in [3.05, 3.63) is 0 Å². The lowest BCUT2D eigenvalue weighted by molar-refractivity contribution is -0.125. The monoisotopic (exact) mass is 254 g/mol. The fourth-order valence-electron chi connectivity index (χ4n) is 3.36. The van der Waals surface area contributed by atoms with E-state index < -0.39 is 0 Å². The van der Waals surface area contributed by atoms with Crippen molar-refractivity contribution < 1.29 is 9.90 Å². The second-order valence-corrected chi connectivity index (χ2v) is 5.93. The zero-order valence-corrected chi connectivity index (χ0v) is 11.3. The number of piperidine rings is 1. The summed E-state index contributed by atoms with van der Waals surface area (Å²) in [6, 6.07) is -0.0206. The Hall–Kier alpha value is -0.610. The van der Waals surface area contributed by atoms with E-state index in [2.05, 4.69) is 17.6 Å². The Morgan fingerprint density at radius 2 is 2.06 bits per heavy atom.